The summed E-state index contributed by atoms with van der Waals surface area (Å²) in [6, 6.07) is 10.2. The van der Waals surface area contributed by atoms with E-state index < -0.39 is 43.8 Å². The number of benzene rings is 2. The van der Waals surface area contributed by atoms with Gasteiger partial charge in [0.1, 0.15) is 0 Å². The summed E-state index contributed by atoms with van der Waals surface area (Å²) in [5.74, 6) is -0.787. The predicted octanol–water partition coefficient (Wildman–Crippen LogP) is 2.26. The molecule has 1 fully saturated rings. The molecule has 2 aromatic rings. The summed E-state index contributed by atoms with van der Waals surface area (Å²) >= 11 is 0. The lowest BCUT2D eigenvalue weighted by molar-refractivity contribution is -0.137. The molecule has 0 aromatic heterocycles. The molecule has 1 aliphatic heterocycles. The third kappa shape index (κ3) is 7.63. The van der Waals surface area contributed by atoms with Crippen molar-refractivity contribution in [1.82, 2.24) is 14.3 Å². The molecule has 38 heavy (non-hydrogen) atoms. The van der Waals surface area contributed by atoms with Gasteiger partial charge in [-0.05, 0) is 35.4 Å². The third-order valence-electron chi connectivity index (χ3n) is 6.11. The highest BCUT2D eigenvalue weighted by Gasteiger charge is 2.39. The molecule has 0 spiro atoms. The van der Waals surface area contributed by atoms with Crippen LogP contribution in [0, 0.1) is 5.92 Å². The van der Waals surface area contributed by atoms with Crippen LogP contribution in [0.1, 0.15) is 16.7 Å². The van der Waals surface area contributed by atoms with Gasteiger partial charge in [0.25, 0.3) is 0 Å². The van der Waals surface area contributed by atoms with Crippen molar-refractivity contribution in [3.8, 4) is 0 Å². The van der Waals surface area contributed by atoms with E-state index >= 15 is 0 Å². The molecule has 9 nitrogen and oxygen atoms in total. The molecule has 208 valence electrons. The largest absolute Gasteiger partial charge is 0.416 e. The summed E-state index contributed by atoms with van der Waals surface area (Å²) in [7, 11) is -6.15. The van der Waals surface area contributed by atoms with E-state index in [4.69, 9.17) is 4.74 Å². The maximum absolute atomic E-state index is 13.1. The summed E-state index contributed by atoms with van der Waals surface area (Å²) < 4.78 is 96.5. The standard InChI is InChI=1S/C24H28F3N3O6S2/c1-3-37(32,33)29-14-19-15-30(16-22(19)36-2)38(34,35)21-10-6-17(7-11-21)12-23(31)28-13-18-4-8-20(9-5-18)24(25,26)27/h3-11,19,22,29H,1,12-16H2,2H3,(H,28,31)/t19-,22-/m1/s1. The van der Waals surface area contributed by atoms with Crippen molar-refractivity contribution in [3.63, 3.8) is 0 Å². The Hall–Kier alpha value is -2.78. The molecule has 2 aromatic carbocycles. The number of carbonyl (C=O) groups excluding carboxylic acids is 1. The van der Waals surface area contributed by atoms with E-state index in [1.54, 1.807) is 0 Å². The summed E-state index contributed by atoms with van der Waals surface area (Å²) in [6.07, 6.45) is -5.00. The number of hydrogen-bond donors (Lipinski definition) is 2. The Morgan fingerprint density at radius 3 is 2.21 bits per heavy atom. The van der Waals surface area contributed by atoms with Crippen LogP contribution in [0.2, 0.25) is 0 Å². The number of nitrogens with one attached hydrogen (secondary N) is 2. The van der Waals surface area contributed by atoms with E-state index in [1.807, 2.05) is 0 Å². The number of alkyl halides is 3. The molecule has 0 saturated carbocycles. The van der Waals surface area contributed by atoms with Gasteiger partial charge < -0.3 is 10.1 Å². The molecular formula is C24H28F3N3O6S2. The average Bonchev–Trinajstić information content (AvgIpc) is 3.31. The zero-order valence-corrected chi connectivity index (χ0v) is 22.1. The molecule has 14 heteroatoms. The normalized spacial score (nSPS) is 18.8. The number of nitrogens with zero attached hydrogens (tertiary/aromatic N) is 1. The van der Waals surface area contributed by atoms with Crippen molar-refractivity contribution in [1.29, 1.82) is 0 Å². The fraction of sp³-hybridized carbons (Fsp3) is 0.375. The van der Waals surface area contributed by atoms with Crippen LogP contribution >= 0.6 is 0 Å². The first-order chi connectivity index (χ1) is 17.7. The van der Waals surface area contributed by atoms with Gasteiger partial charge in [-0.25, -0.2) is 21.6 Å². The molecule has 0 aliphatic carbocycles. The van der Waals surface area contributed by atoms with Crippen molar-refractivity contribution in [2.24, 2.45) is 5.92 Å². The molecule has 1 aliphatic rings. The fourth-order valence-corrected chi connectivity index (χ4v) is 6.01. The molecule has 1 saturated heterocycles. The SMILES string of the molecule is C=CS(=O)(=O)NC[C@@H]1CN(S(=O)(=O)c2ccc(CC(=O)NCc3ccc(C(F)(F)F)cc3)cc2)C[C@H]1OC. The highest BCUT2D eigenvalue weighted by molar-refractivity contribution is 7.92. The second kappa shape index (κ2) is 11.9. The van der Waals surface area contributed by atoms with Crippen LogP contribution < -0.4 is 10.0 Å². The van der Waals surface area contributed by atoms with Gasteiger partial charge in [0.15, 0.2) is 0 Å². The van der Waals surface area contributed by atoms with Gasteiger partial charge in [0.05, 0.1) is 23.0 Å². The van der Waals surface area contributed by atoms with Crippen LogP contribution in [0.3, 0.4) is 0 Å². The maximum Gasteiger partial charge on any atom is 0.416 e. The van der Waals surface area contributed by atoms with Gasteiger partial charge in [-0.1, -0.05) is 30.8 Å². The van der Waals surface area contributed by atoms with Crippen LogP contribution in [-0.4, -0.2) is 59.9 Å². The number of halogens is 3. The van der Waals surface area contributed by atoms with Gasteiger partial charge in [-0.2, -0.15) is 17.5 Å². The third-order valence-corrected chi connectivity index (χ3v) is 8.97. The average molecular weight is 576 g/mol. The summed E-state index contributed by atoms with van der Waals surface area (Å²) in [5.41, 5.74) is 0.271. The van der Waals surface area contributed by atoms with E-state index in [9.17, 15) is 34.8 Å². The summed E-state index contributed by atoms with van der Waals surface area (Å²) in [4.78, 5) is 12.3. The van der Waals surface area contributed by atoms with Crippen LogP contribution in [0.15, 0.2) is 65.4 Å². The molecule has 0 radical (unpaired) electrons. The van der Waals surface area contributed by atoms with Crippen molar-refractivity contribution in [2.45, 2.75) is 30.1 Å². The number of amides is 1. The first kappa shape index (κ1) is 29.8. The monoisotopic (exact) mass is 575 g/mol. The molecule has 3 rings (SSSR count). The lowest BCUT2D eigenvalue weighted by Crippen LogP contribution is -2.34. The number of sulfonamides is 2. The van der Waals surface area contributed by atoms with Crippen molar-refractivity contribution >= 4 is 26.0 Å². The Morgan fingerprint density at radius 2 is 1.66 bits per heavy atom. The Balaban J connectivity index is 1.57. The van der Waals surface area contributed by atoms with Gasteiger partial charge in [0, 0.05) is 44.6 Å². The first-order valence-corrected chi connectivity index (χ1v) is 14.4. The van der Waals surface area contributed by atoms with Gasteiger partial charge >= 0.3 is 6.18 Å². The van der Waals surface area contributed by atoms with E-state index in [2.05, 4.69) is 16.6 Å². The molecule has 0 unspecified atom stereocenters. The molecule has 0 bridgehead atoms. The smallest absolute Gasteiger partial charge is 0.380 e. The lowest BCUT2D eigenvalue weighted by atomic mass is 10.1. The Morgan fingerprint density at radius 1 is 1.05 bits per heavy atom. The van der Waals surface area contributed by atoms with Gasteiger partial charge in [0.2, 0.25) is 26.0 Å². The van der Waals surface area contributed by atoms with Crippen LogP contribution in [0.25, 0.3) is 0 Å². The minimum atomic E-state index is -4.44. The van der Waals surface area contributed by atoms with E-state index in [1.165, 1.54) is 47.8 Å². The van der Waals surface area contributed by atoms with Crippen LogP contribution in [0.4, 0.5) is 13.2 Å². The minimum absolute atomic E-state index is 0.00795. The van der Waals surface area contributed by atoms with Crippen LogP contribution in [0.5, 0.6) is 0 Å². The summed E-state index contributed by atoms with van der Waals surface area (Å²) in [5, 5.41) is 3.40. The zero-order valence-electron chi connectivity index (χ0n) is 20.4. The van der Waals surface area contributed by atoms with Crippen LogP contribution in [-0.2, 0) is 48.7 Å². The molecule has 2 atom stereocenters. The highest BCUT2D eigenvalue weighted by atomic mass is 32.2. The maximum atomic E-state index is 13.1. The second-order valence-electron chi connectivity index (χ2n) is 8.71. The van der Waals surface area contributed by atoms with Crippen molar-refractivity contribution in [2.75, 3.05) is 26.7 Å². The second-order valence-corrected chi connectivity index (χ2v) is 12.4. The topological polar surface area (TPSA) is 122 Å². The molecular weight excluding hydrogens is 547 g/mol. The highest BCUT2D eigenvalue weighted by Crippen LogP contribution is 2.29. The number of hydrogen-bond acceptors (Lipinski definition) is 6. The fourth-order valence-electron chi connectivity index (χ4n) is 3.93. The minimum Gasteiger partial charge on any atom is -0.380 e. The lowest BCUT2D eigenvalue weighted by Gasteiger charge is -2.16. The first-order valence-electron chi connectivity index (χ1n) is 11.4. The number of carbonyl (C=O) groups is 1. The van der Waals surface area contributed by atoms with E-state index in [0.29, 0.717) is 11.1 Å². The Kier molecular flexibility index (Phi) is 9.36. The van der Waals surface area contributed by atoms with Gasteiger partial charge in [-0.15, -0.1) is 0 Å². The predicted molar refractivity (Wildman–Crippen MR) is 134 cm³/mol. The zero-order chi connectivity index (χ0) is 28.1. The number of rotatable bonds is 11. The quantitative estimate of drug-likeness (QED) is 0.424. The van der Waals surface area contributed by atoms with E-state index in [-0.39, 0.29) is 43.4 Å². The Bertz CT molecular complexity index is 1350. The molecule has 1 amide bonds. The molecule has 2 N–H and O–H groups in total. The number of ether oxygens (including phenoxy) is 1. The Labute approximate surface area is 219 Å². The van der Waals surface area contributed by atoms with Crippen molar-refractivity contribution < 1.29 is 39.5 Å². The molecule has 1 heterocycles. The van der Waals surface area contributed by atoms with Crippen molar-refractivity contribution in [3.05, 3.63) is 77.2 Å². The van der Waals surface area contributed by atoms with E-state index in [0.717, 1.165) is 17.5 Å². The summed E-state index contributed by atoms with van der Waals surface area (Å²) in [6.45, 7) is 3.35. The van der Waals surface area contributed by atoms with Gasteiger partial charge in [-0.3, -0.25) is 4.79 Å². The number of methoxy groups -OCH3 is 1.